The van der Waals surface area contributed by atoms with E-state index in [1.807, 2.05) is 0 Å². The highest BCUT2D eigenvalue weighted by Crippen LogP contribution is 2.44. The van der Waals surface area contributed by atoms with E-state index in [9.17, 15) is 13.2 Å². The number of alkyl halides is 4. The standard InChI is InChI=1S/C14H12ClF3OS/c1-7-6-9(8(2)19-7)12-10(4-3-5-11(12)20)14(17,18)13(15)16/h3-6,13,20H,1-2H3. The largest absolute Gasteiger partial charge is 0.466 e. The average molecular weight is 321 g/mol. The van der Waals surface area contributed by atoms with E-state index in [0.717, 1.165) is 6.07 Å². The lowest BCUT2D eigenvalue weighted by atomic mass is 9.96. The van der Waals surface area contributed by atoms with Gasteiger partial charge < -0.3 is 4.42 Å². The number of aryl methyl sites for hydroxylation is 2. The van der Waals surface area contributed by atoms with Crippen molar-refractivity contribution >= 4 is 24.2 Å². The number of thiol groups is 1. The molecular formula is C14H12ClF3OS. The summed E-state index contributed by atoms with van der Waals surface area (Å²) in [5.41, 5.74) is -2.72. The first kappa shape index (κ1) is 15.3. The molecule has 1 aromatic carbocycles. The molecule has 0 bridgehead atoms. The third-order valence-electron chi connectivity index (χ3n) is 2.99. The van der Waals surface area contributed by atoms with Crippen molar-refractivity contribution in [3.05, 3.63) is 41.3 Å². The first-order chi connectivity index (χ1) is 9.25. The average Bonchev–Trinajstić information content (AvgIpc) is 2.67. The predicted octanol–water partition coefficient (Wildman–Crippen LogP) is 5.48. The summed E-state index contributed by atoms with van der Waals surface area (Å²) in [4.78, 5) is 0.309. The van der Waals surface area contributed by atoms with E-state index < -0.39 is 17.1 Å². The van der Waals surface area contributed by atoms with Gasteiger partial charge in [0.25, 0.3) is 0 Å². The first-order valence-corrected chi connectivity index (χ1v) is 6.69. The van der Waals surface area contributed by atoms with Crippen molar-refractivity contribution in [2.75, 3.05) is 0 Å². The first-order valence-electron chi connectivity index (χ1n) is 5.81. The maximum atomic E-state index is 14.0. The van der Waals surface area contributed by atoms with Crippen LogP contribution in [0.1, 0.15) is 17.1 Å². The van der Waals surface area contributed by atoms with E-state index >= 15 is 0 Å². The Hall–Kier alpha value is -1.07. The zero-order valence-corrected chi connectivity index (χ0v) is 12.4. The van der Waals surface area contributed by atoms with Gasteiger partial charge in [0.05, 0.1) is 0 Å². The van der Waals surface area contributed by atoms with Crippen LogP contribution in [0.3, 0.4) is 0 Å². The number of rotatable bonds is 3. The van der Waals surface area contributed by atoms with Gasteiger partial charge in [0.2, 0.25) is 5.63 Å². The Morgan fingerprint density at radius 2 is 1.95 bits per heavy atom. The quantitative estimate of drug-likeness (QED) is 0.584. The second-order valence-electron chi connectivity index (χ2n) is 4.45. The molecule has 1 aromatic heterocycles. The third kappa shape index (κ3) is 2.56. The van der Waals surface area contributed by atoms with Crippen LogP contribution in [-0.2, 0) is 5.92 Å². The zero-order valence-electron chi connectivity index (χ0n) is 10.8. The zero-order chi connectivity index (χ0) is 15.1. The molecule has 108 valence electrons. The van der Waals surface area contributed by atoms with E-state index in [0.29, 0.717) is 22.0 Å². The molecule has 1 nitrogen and oxygen atoms in total. The summed E-state index contributed by atoms with van der Waals surface area (Å²) in [7, 11) is 0. The van der Waals surface area contributed by atoms with Crippen molar-refractivity contribution in [2.45, 2.75) is 30.3 Å². The van der Waals surface area contributed by atoms with Crippen LogP contribution >= 0.6 is 24.2 Å². The van der Waals surface area contributed by atoms with Crippen LogP contribution < -0.4 is 0 Å². The molecule has 0 spiro atoms. The molecule has 0 saturated heterocycles. The highest BCUT2D eigenvalue weighted by molar-refractivity contribution is 7.80. The molecule has 0 N–H and O–H groups in total. The summed E-state index contributed by atoms with van der Waals surface area (Å²) in [5, 5.41) is 0. The van der Waals surface area contributed by atoms with Gasteiger partial charge in [-0.15, -0.1) is 12.6 Å². The number of furan rings is 1. The molecule has 20 heavy (non-hydrogen) atoms. The van der Waals surface area contributed by atoms with Gasteiger partial charge in [0, 0.05) is 21.6 Å². The summed E-state index contributed by atoms with van der Waals surface area (Å²) < 4.78 is 46.4. The summed E-state index contributed by atoms with van der Waals surface area (Å²) in [6.07, 6.45) is 0. The second-order valence-corrected chi connectivity index (χ2v) is 5.32. The van der Waals surface area contributed by atoms with Gasteiger partial charge in [-0.25, -0.2) is 4.39 Å². The summed E-state index contributed by atoms with van der Waals surface area (Å²) in [6, 6.07) is 5.70. The summed E-state index contributed by atoms with van der Waals surface area (Å²) in [5.74, 6) is -2.77. The molecule has 0 aliphatic carbocycles. The van der Waals surface area contributed by atoms with Crippen LogP contribution in [0.5, 0.6) is 0 Å². The molecule has 1 unspecified atom stereocenters. The number of benzene rings is 1. The van der Waals surface area contributed by atoms with Gasteiger partial charge >= 0.3 is 5.92 Å². The van der Waals surface area contributed by atoms with Gasteiger partial charge in [-0.3, -0.25) is 0 Å². The van der Waals surface area contributed by atoms with E-state index in [1.165, 1.54) is 6.07 Å². The summed E-state index contributed by atoms with van der Waals surface area (Å²) >= 11 is 9.19. The Kier molecular flexibility index (Phi) is 4.12. The minimum absolute atomic E-state index is 0.137. The number of hydrogen-bond donors (Lipinski definition) is 1. The maximum absolute atomic E-state index is 14.0. The molecule has 1 heterocycles. The highest BCUT2D eigenvalue weighted by Gasteiger charge is 2.43. The van der Waals surface area contributed by atoms with Crippen LogP contribution in [0.25, 0.3) is 11.1 Å². The van der Waals surface area contributed by atoms with Gasteiger partial charge in [-0.1, -0.05) is 23.7 Å². The van der Waals surface area contributed by atoms with Crippen molar-refractivity contribution in [3.8, 4) is 11.1 Å². The molecule has 0 aliphatic rings. The fourth-order valence-electron chi connectivity index (χ4n) is 2.10. The van der Waals surface area contributed by atoms with E-state index in [-0.39, 0.29) is 5.56 Å². The topological polar surface area (TPSA) is 13.1 Å². The number of halogens is 4. The Morgan fingerprint density at radius 3 is 2.45 bits per heavy atom. The molecule has 6 heteroatoms. The molecule has 0 radical (unpaired) electrons. The van der Waals surface area contributed by atoms with Crippen molar-refractivity contribution in [1.82, 2.24) is 0 Å². The Bertz CT molecular complexity index is 637. The number of hydrogen-bond acceptors (Lipinski definition) is 2. The fourth-order valence-corrected chi connectivity index (χ4v) is 2.54. The lowest BCUT2D eigenvalue weighted by Gasteiger charge is -2.21. The SMILES string of the molecule is Cc1cc(-c2c(S)cccc2C(F)(F)C(F)Cl)c(C)o1. The van der Waals surface area contributed by atoms with Crippen LogP contribution in [0.4, 0.5) is 13.2 Å². The van der Waals surface area contributed by atoms with Crippen molar-refractivity contribution < 1.29 is 17.6 Å². The van der Waals surface area contributed by atoms with E-state index in [2.05, 4.69) is 12.6 Å². The molecule has 2 rings (SSSR count). The van der Waals surface area contributed by atoms with Crippen LogP contribution in [0.15, 0.2) is 33.6 Å². The lowest BCUT2D eigenvalue weighted by Crippen LogP contribution is -2.23. The second kappa shape index (κ2) is 5.37. The van der Waals surface area contributed by atoms with Gasteiger partial charge in [-0.2, -0.15) is 8.78 Å². The Morgan fingerprint density at radius 1 is 1.30 bits per heavy atom. The Labute approximate surface area is 125 Å². The molecule has 1 atom stereocenters. The molecular weight excluding hydrogens is 309 g/mol. The minimum atomic E-state index is -3.81. The van der Waals surface area contributed by atoms with Crippen molar-refractivity contribution in [3.63, 3.8) is 0 Å². The van der Waals surface area contributed by atoms with Crippen molar-refractivity contribution in [2.24, 2.45) is 0 Å². The van der Waals surface area contributed by atoms with Crippen LogP contribution in [-0.4, -0.2) is 5.63 Å². The minimum Gasteiger partial charge on any atom is -0.466 e. The predicted molar refractivity (Wildman–Crippen MR) is 75.5 cm³/mol. The normalized spacial score (nSPS) is 13.6. The molecule has 0 saturated carbocycles. The smallest absolute Gasteiger partial charge is 0.318 e. The summed E-state index contributed by atoms with van der Waals surface area (Å²) in [6.45, 7) is 3.35. The van der Waals surface area contributed by atoms with Crippen molar-refractivity contribution in [1.29, 1.82) is 0 Å². The lowest BCUT2D eigenvalue weighted by molar-refractivity contribution is -0.0459. The molecule has 0 fully saturated rings. The van der Waals surface area contributed by atoms with Gasteiger partial charge in [0.15, 0.2) is 0 Å². The van der Waals surface area contributed by atoms with E-state index in [4.69, 9.17) is 16.0 Å². The van der Waals surface area contributed by atoms with Crippen LogP contribution in [0, 0.1) is 13.8 Å². The maximum Gasteiger partial charge on any atom is 0.318 e. The fraction of sp³-hybridized carbons (Fsp3) is 0.286. The Balaban J connectivity index is 2.73. The van der Waals surface area contributed by atoms with Gasteiger partial charge in [0.1, 0.15) is 11.5 Å². The van der Waals surface area contributed by atoms with Gasteiger partial charge in [-0.05, 0) is 26.0 Å². The van der Waals surface area contributed by atoms with Crippen LogP contribution in [0.2, 0.25) is 0 Å². The monoisotopic (exact) mass is 320 g/mol. The third-order valence-corrected chi connectivity index (χ3v) is 3.63. The molecule has 0 aliphatic heterocycles. The molecule has 2 aromatic rings. The van der Waals surface area contributed by atoms with E-state index in [1.54, 1.807) is 26.0 Å². The highest BCUT2D eigenvalue weighted by atomic mass is 35.5. The molecule has 0 amide bonds.